The fourth-order valence-electron chi connectivity index (χ4n) is 1.37. The summed E-state index contributed by atoms with van der Waals surface area (Å²) in [7, 11) is 0. The molecule has 4 nitrogen and oxygen atoms in total. The lowest BCUT2D eigenvalue weighted by Crippen LogP contribution is -2.46. The molecule has 0 unspecified atom stereocenters. The first-order valence-electron chi connectivity index (χ1n) is 4.85. The van der Waals surface area contributed by atoms with E-state index in [1.165, 1.54) is 0 Å². The van der Waals surface area contributed by atoms with E-state index >= 15 is 0 Å². The summed E-state index contributed by atoms with van der Waals surface area (Å²) in [5, 5.41) is 2.72. The highest BCUT2D eigenvalue weighted by Crippen LogP contribution is 2.25. The van der Waals surface area contributed by atoms with E-state index in [0.717, 1.165) is 19.1 Å². The van der Waals surface area contributed by atoms with Crippen molar-refractivity contribution in [2.45, 2.75) is 45.3 Å². The molecule has 0 radical (unpaired) electrons. The number of rotatable bonds is 2. The predicted octanol–water partition coefficient (Wildman–Crippen LogP) is 1.49. The third kappa shape index (κ3) is 3.36. The summed E-state index contributed by atoms with van der Waals surface area (Å²) >= 11 is 0. The number of amides is 1. The van der Waals surface area contributed by atoms with Crippen LogP contribution >= 0.6 is 0 Å². The van der Waals surface area contributed by atoms with Crippen molar-refractivity contribution in [2.75, 3.05) is 0 Å². The van der Waals surface area contributed by atoms with E-state index in [0.29, 0.717) is 0 Å². The van der Waals surface area contributed by atoms with Gasteiger partial charge in [0.15, 0.2) is 0 Å². The van der Waals surface area contributed by atoms with Crippen LogP contribution in [-0.4, -0.2) is 24.0 Å². The summed E-state index contributed by atoms with van der Waals surface area (Å²) in [4.78, 5) is 21.5. The summed E-state index contributed by atoms with van der Waals surface area (Å²) in [6, 6.07) is 0.111. The molecule has 1 fully saturated rings. The van der Waals surface area contributed by atoms with Gasteiger partial charge in [-0.05, 0) is 33.6 Å². The number of ether oxygens (including phenoxy) is 1. The number of hydrogen-bond acceptors (Lipinski definition) is 3. The molecule has 0 aromatic carbocycles. The van der Waals surface area contributed by atoms with Crippen molar-refractivity contribution in [1.82, 2.24) is 5.32 Å². The molecule has 80 valence electrons. The average molecular weight is 199 g/mol. The van der Waals surface area contributed by atoms with Gasteiger partial charge in [0.2, 0.25) is 0 Å². The van der Waals surface area contributed by atoms with Gasteiger partial charge in [0.05, 0.1) is 0 Å². The first kappa shape index (κ1) is 11.0. The maximum Gasteiger partial charge on any atom is 0.407 e. The fraction of sp³-hybridized carbons (Fsp3) is 0.800. The molecule has 1 N–H and O–H groups in total. The highest BCUT2D eigenvalue weighted by Gasteiger charge is 2.31. The lowest BCUT2D eigenvalue weighted by Gasteiger charge is -2.32. The normalized spacial score (nSPS) is 26.2. The Morgan fingerprint density at radius 1 is 1.43 bits per heavy atom. The Hall–Kier alpha value is -1.06. The molecule has 0 spiro atoms. The van der Waals surface area contributed by atoms with Gasteiger partial charge in [-0.15, -0.1) is 0 Å². The second kappa shape index (κ2) is 3.98. The summed E-state index contributed by atoms with van der Waals surface area (Å²) in [6.07, 6.45) is 2.02. The summed E-state index contributed by atoms with van der Waals surface area (Å²) in [6.45, 7) is 5.46. The van der Waals surface area contributed by atoms with Crippen LogP contribution in [0, 0.1) is 5.92 Å². The number of carbonyl (C=O) groups excluding carboxylic acids is 2. The zero-order valence-corrected chi connectivity index (χ0v) is 8.87. The van der Waals surface area contributed by atoms with Gasteiger partial charge in [-0.2, -0.15) is 0 Å². The average Bonchev–Trinajstić information content (AvgIpc) is 1.91. The van der Waals surface area contributed by atoms with E-state index in [1.807, 2.05) is 20.8 Å². The van der Waals surface area contributed by atoms with Crippen molar-refractivity contribution in [3.05, 3.63) is 0 Å². The van der Waals surface area contributed by atoms with Crippen LogP contribution in [0.3, 0.4) is 0 Å². The summed E-state index contributed by atoms with van der Waals surface area (Å²) in [5.41, 5.74) is -0.460. The van der Waals surface area contributed by atoms with Crippen LogP contribution in [0.2, 0.25) is 0 Å². The van der Waals surface area contributed by atoms with Gasteiger partial charge in [0, 0.05) is 12.0 Å². The molecule has 0 heterocycles. The highest BCUT2D eigenvalue weighted by molar-refractivity contribution is 5.68. The quantitative estimate of drug-likeness (QED) is 0.685. The minimum absolute atomic E-state index is 0.111. The van der Waals surface area contributed by atoms with Crippen molar-refractivity contribution < 1.29 is 14.3 Å². The molecular formula is C10H17NO3. The van der Waals surface area contributed by atoms with Crippen LogP contribution in [0.1, 0.15) is 33.6 Å². The molecule has 0 atom stereocenters. The number of nitrogens with one attached hydrogen (secondary N) is 1. The van der Waals surface area contributed by atoms with Crippen LogP contribution in [0.5, 0.6) is 0 Å². The molecule has 1 rings (SSSR count). The number of carbonyl (C=O) groups is 2. The molecule has 0 bridgehead atoms. The lowest BCUT2D eigenvalue weighted by molar-refractivity contribution is -0.113. The Balaban J connectivity index is 2.20. The second-order valence-electron chi connectivity index (χ2n) is 4.71. The zero-order chi connectivity index (χ0) is 10.8. The topological polar surface area (TPSA) is 55.4 Å². The van der Waals surface area contributed by atoms with Crippen LogP contribution in [0.4, 0.5) is 4.79 Å². The monoisotopic (exact) mass is 199 g/mol. The van der Waals surface area contributed by atoms with Crippen molar-refractivity contribution in [1.29, 1.82) is 0 Å². The van der Waals surface area contributed by atoms with Gasteiger partial charge in [0.1, 0.15) is 11.9 Å². The predicted molar refractivity (Wildman–Crippen MR) is 51.9 cm³/mol. The SMILES string of the molecule is CC(C)(C)OC(=O)N[C@H]1C[C@H](C=O)C1. The molecule has 1 aliphatic carbocycles. The van der Waals surface area contributed by atoms with Crippen LogP contribution in [-0.2, 0) is 9.53 Å². The Kier molecular flexibility index (Phi) is 3.13. The van der Waals surface area contributed by atoms with Crippen molar-refractivity contribution in [3.8, 4) is 0 Å². The lowest BCUT2D eigenvalue weighted by atomic mass is 9.81. The molecule has 0 aliphatic heterocycles. The van der Waals surface area contributed by atoms with Crippen molar-refractivity contribution >= 4 is 12.4 Å². The molecule has 1 aliphatic rings. The van der Waals surface area contributed by atoms with E-state index in [4.69, 9.17) is 4.74 Å². The van der Waals surface area contributed by atoms with E-state index in [-0.39, 0.29) is 12.0 Å². The maximum atomic E-state index is 11.2. The van der Waals surface area contributed by atoms with Gasteiger partial charge in [-0.3, -0.25) is 0 Å². The molecule has 1 amide bonds. The zero-order valence-electron chi connectivity index (χ0n) is 8.87. The molecule has 1 saturated carbocycles. The van der Waals surface area contributed by atoms with Gasteiger partial charge < -0.3 is 14.8 Å². The molecule has 0 aromatic heterocycles. The van der Waals surface area contributed by atoms with Crippen molar-refractivity contribution in [2.24, 2.45) is 5.92 Å². The first-order chi connectivity index (χ1) is 6.40. The highest BCUT2D eigenvalue weighted by atomic mass is 16.6. The number of alkyl carbamates (subject to hydrolysis) is 1. The van der Waals surface area contributed by atoms with E-state index in [2.05, 4.69) is 5.32 Å². The standard InChI is InChI=1S/C10H17NO3/c1-10(2,3)14-9(13)11-8-4-7(5-8)6-12/h6-8H,4-5H2,1-3H3,(H,11,13)/t7-,8-. The summed E-state index contributed by atoms with van der Waals surface area (Å²) in [5.74, 6) is 0.120. The third-order valence-corrected chi connectivity index (χ3v) is 2.09. The number of aldehydes is 1. The maximum absolute atomic E-state index is 11.2. The smallest absolute Gasteiger partial charge is 0.407 e. The van der Waals surface area contributed by atoms with Crippen LogP contribution in [0.15, 0.2) is 0 Å². The Morgan fingerprint density at radius 3 is 2.43 bits per heavy atom. The molecule has 4 heteroatoms. The third-order valence-electron chi connectivity index (χ3n) is 2.09. The Bertz CT molecular complexity index is 226. The van der Waals surface area contributed by atoms with Crippen molar-refractivity contribution in [3.63, 3.8) is 0 Å². The van der Waals surface area contributed by atoms with Gasteiger partial charge >= 0.3 is 6.09 Å². The Morgan fingerprint density at radius 2 is 2.00 bits per heavy atom. The number of hydrogen-bond donors (Lipinski definition) is 1. The van der Waals surface area contributed by atoms with E-state index in [1.54, 1.807) is 0 Å². The largest absolute Gasteiger partial charge is 0.444 e. The van der Waals surface area contributed by atoms with E-state index in [9.17, 15) is 9.59 Å². The summed E-state index contributed by atoms with van der Waals surface area (Å²) < 4.78 is 5.07. The van der Waals surface area contributed by atoms with E-state index < -0.39 is 11.7 Å². The van der Waals surface area contributed by atoms with Crippen LogP contribution < -0.4 is 5.32 Å². The second-order valence-corrected chi connectivity index (χ2v) is 4.71. The molecule has 0 saturated heterocycles. The Labute approximate surface area is 84.0 Å². The first-order valence-corrected chi connectivity index (χ1v) is 4.85. The molecule has 14 heavy (non-hydrogen) atoms. The van der Waals surface area contributed by atoms with Gasteiger partial charge in [-0.25, -0.2) is 4.79 Å². The fourth-order valence-corrected chi connectivity index (χ4v) is 1.37. The van der Waals surface area contributed by atoms with Gasteiger partial charge in [0.25, 0.3) is 0 Å². The minimum Gasteiger partial charge on any atom is -0.444 e. The molecular weight excluding hydrogens is 182 g/mol. The van der Waals surface area contributed by atoms with Gasteiger partial charge in [-0.1, -0.05) is 0 Å². The van der Waals surface area contributed by atoms with Crippen LogP contribution in [0.25, 0.3) is 0 Å². The molecule has 0 aromatic rings. The minimum atomic E-state index is -0.460.